The highest BCUT2D eigenvalue weighted by Gasteiger charge is 2.17. The van der Waals surface area contributed by atoms with Crippen molar-refractivity contribution in [1.29, 1.82) is 0 Å². The van der Waals surface area contributed by atoms with Gasteiger partial charge >= 0.3 is 0 Å². The van der Waals surface area contributed by atoms with Crippen LogP contribution in [0.4, 0.5) is 0 Å². The third-order valence-electron chi connectivity index (χ3n) is 3.60. The van der Waals surface area contributed by atoms with E-state index in [1.165, 1.54) is 16.9 Å². The van der Waals surface area contributed by atoms with Gasteiger partial charge in [-0.2, -0.15) is 0 Å². The third-order valence-corrected chi connectivity index (χ3v) is 3.60. The summed E-state index contributed by atoms with van der Waals surface area (Å²) in [4.78, 5) is 4.72. The number of imidazole rings is 2. The van der Waals surface area contributed by atoms with Crippen LogP contribution in [0.2, 0.25) is 0 Å². The number of fused-ring (bicyclic) bond motifs is 5. The van der Waals surface area contributed by atoms with Crippen molar-refractivity contribution in [2.45, 2.75) is 6.42 Å². The van der Waals surface area contributed by atoms with Crippen molar-refractivity contribution in [2.24, 2.45) is 7.05 Å². The molecule has 1 aromatic carbocycles. The maximum Gasteiger partial charge on any atom is 0.215 e. The monoisotopic (exact) mass is 235 g/mol. The van der Waals surface area contributed by atoms with E-state index in [2.05, 4.69) is 58.5 Å². The molecule has 0 unspecified atom stereocenters. The van der Waals surface area contributed by atoms with Gasteiger partial charge in [0.2, 0.25) is 5.78 Å². The molecule has 0 radical (unpaired) electrons. The quantitative estimate of drug-likeness (QED) is 0.587. The molecule has 88 valence electrons. The van der Waals surface area contributed by atoms with E-state index >= 15 is 0 Å². The lowest BCUT2D eigenvalue weighted by Gasteiger charge is -2.00. The first-order valence-corrected chi connectivity index (χ1v) is 6.14. The largest absolute Gasteiger partial charge is 0.316 e. The van der Waals surface area contributed by atoms with E-state index in [1.807, 2.05) is 6.07 Å². The van der Waals surface area contributed by atoms with E-state index in [1.54, 1.807) is 0 Å². The topological polar surface area (TPSA) is 22.2 Å². The zero-order chi connectivity index (χ0) is 12.1. The molecule has 0 atom stereocenters. The molecule has 3 heteroatoms. The Labute approximate surface area is 105 Å². The van der Waals surface area contributed by atoms with Crippen LogP contribution < -0.4 is 0 Å². The Balaban J connectivity index is 2.23. The SMILES string of the molecule is Cn1c2c(n3c4ccccc4nc13)C=CC=CC2. The van der Waals surface area contributed by atoms with Crippen LogP contribution in [0.25, 0.3) is 22.9 Å². The normalized spacial score (nSPS) is 14.3. The van der Waals surface area contributed by atoms with E-state index in [-0.39, 0.29) is 0 Å². The molecule has 18 heavy (non-hydrogen) atoms. The number of aryl methyl sites for hydroxylation is 1. The Hall–Kier alpha value is -2.29. The molecule has 2 aromatic heterocycles. The van der Waals surface area contributed by atoms with Crippen LogP contribution in [0, 0.1) is 0 Å². The first-order valence-electron chi connectivity index (χ1n) is 6.14. The van der Waals surface area contributed by atoms with Gasteiger partial charge in [-0.25, -0.2) is 4.98 Å². The molecule has 0 aliphatic heterocycles. The minimum atomic E-state index is 0.955. The maximum absolute atomic E-state index is 4.72. The van der Waals surface area contributed by atoms with Gasteiger partial charge < -0.3 is 4.57 Å². The lowest BCUT2D eigenvalue weighted by Crippen LogP contribution is -1.96. The van der Waals surface area contributed by atoms with Crippen LogP contribution in [-0.2, 0) is 13.5 Å². The van der Waals surface area contributed by atoms with Crippen molar-refractivity contribution in [1.82, 2.24) is 14.0 Å². The molecule has 0 saturated carbocycles. The Morgan fingerprint density at radius 1 is 1.17 bits per heavy atom. The number of hydrogen-bond acceptors (Lipinski definition) is 1. The first-order chi connectivity index (χ1) is 8.86. The standard InChI is InChI=1S/C15H13N3/c1-17-13-9-3-2-4-10-14(13)18-12-8-6-5-7-11(12)16-15(17)18/h2-8,10H,9H2,1H3. The van der Waals surface area contributed by atoms with Crippen molar-refractivity contribution in [3.05, 3.63) is 53.9 Å². The number of para-hydroxylation sites is 2. The average molecular weight is 235 g/mol. The summed E-state index contributed by atoms with van der Waals surface area (Å²) >= 11 is 0. The van der Waals surface area contributed by atoms with E-state index in [4.69, 9.17) is 4.98 Å². The number of allylic oxidation sites excluding steroid dienone is 3. The second-order valence-electron chi connectivity index (χ2n) is 4.62. The van der Waals surface area contributed by atoms with Crippen LogP contribution >= 0.6 is 0 Å². The van der Waals surface area contributed by atoms with Crippen LogP contribution in [-0.4, -0.2) is 14.0 Å². The van der Waals surface area contributed by atoms with Gasteiger partial charge in [0, 0.05) is 19.2 Å². The minimum Gasteiger partial charge on any atom is -0.316 e. The zero-order valence-electron chi connectivity index (χ0n) is 10.2. The lowest BCUT2D eigenvalue weighted by atomic mass is 10.2. The number of rotatable bonds is 0. The van der Waals surface area contributed by atoms with Crippen molar-refractivity contribution < 1.29 is 0 Å². The number of hydrogen-bond donors (Lipinski definition) is 0. The molecule has 0 spiro atoms. The molecule has 3 aromatic rings. The van der Waals surface area contributed by atoms with Crippen molar-refractivity contribution >= 4 is 22.9 Å². The maximum atomic E-state index is 4.72. The smallest absolute Gasteiger partial charge is 0.215 e. The van der Waals surface area contributed by atoms with Gasteiger partial charge in [0.05, 0.1) is 16.7 Å². The number of benzene rings is 1. The summed E-state index contributed by atoms with van der Waals surface area (Å²) in [7, 11) is 2.09. The Morgan fingerprint density at radius 3 is 3.00 bits per heavy atom. The van der Waals surface area contributed by atoms with E-state index in [9.17, 15) is 0 Å². The van der Waals surface area contributed by atoms with Crippen LogP contribution in [0.3, 0.4) is 0 Å². The van der Waals surface area contributed by atoms with Crippen molar-refractivity contribution in [2.75, 3.05) is 0 Å². The fraction of sp³-hybridized carbons (Fsp3) is 0.133. The Bertz CT molecular complexity index is 815. The number of aromatic nitrogens is 3. The molecular formula is C15H13N3. The molecule has 0 bridgehead atoms. The van der Waals surface area contributed by atoms with Gasteiger partial charge in [-0.1, -0.05) is 30.4 Å². The minimum absolute atomic E-state index is 0.955. The van der Waals surface area contributed by atoms with Crippen LogP contribution in [0.15, 0.2) is 42.5 Å². The van der Waals surface area contributed by atoms with Gasteiger partial charge in [-0.05, 0) is 18.2 Å². The summed E-state index contributed by atoms with van der Waals surface area (Å²) < 4.78 is 4.43. The predicted molar refractivity (Wildman–Crippen MR) is 73.5 cm³/mol. The average Bonchev–Trinajstić information content (AvgIpc) is 2.76. The third kappa shape index (κ3) is 1.11. The molecule has 3 nitrogen and oxygen atoms in total. The second kappa shape index (κ2) is 3.35. The fourth-order valence-corrected chi connectivity index (χ4v) is 2.71. The highest BCUT2D eigenvalue weighted by atomic mass is 15.2. The van der Waals surface area contributed by atoms with E-state index in [0.29, 0.717) is 0 Å². The van der Waals surface area contributed by atoms with Crippen molar-refractivity contribution in [3.63, 3.8) is 0 Å². The van der Waals surface area contributed by atoms with Crippen LogP contribution in [0.5, 0.6) is 0 Å². The summed E-state index contributed by atoms with van der Waals surface area (Å²) in [5, 5.41) is 0. The predicted octanol–water partition coefficient (Wildman–Crippen LogP) is 2.95. The summed E-state index contributed by atoms with van der Waals surface area (Å²) in [6.45, 7) is 0. The van der Waals surface area contributed by atoms with Gasteiger partial charge in [0.1, 0.15) is 0 Å². The summed E-state index contributed by atoms with van der Waals surface area (Å²) in [5.41, 5.74) is 4.78. The molecule has 1 aliphatic rings. The van der Waals surface area contributed by atoms with E-state index < -0.39 is 0 Å². The van der Waals surface area contributed by atoms with E-state index in [0.717, 1.165) is 17.7 Å². The number of nitrogens with zero attached hydrogens (tertiary/aromatic N) is 3. The molecule has 0 N–H and O–H groups in total. The molecule has 4 rings (SSSR count). The van der Waals surface area contributed by atoms with Gasteiger partial charge in [0.15, 0.2) is 0 Å². The Morgan fingerprint density at radius 2 is 2.06 bits per heavy atom. The molecular weight excluding hydrogens is 222 g/mol. The van der Waals surface area contributed by atoms with Crippen LogP contribution in [0.1, 0.15) is 11.4 Å². The highest BCUT2D eigenvalue weighted by Crippen LogP contribution is 2.25. The Kier molecular flexibility index (Phi) is 1.81. The molecule has 2 heterocycles. The summed E-state index contributed by atoms with van der Waals surface area (Å²) in [6.07, 6.45) is 9.51. The fourth-order valence-electron chi connectivity index (χ4n) is 2.71. The second-order valence-corrected chi connectivity index (χ2v) is 4.62. The van der Waals surface area contributed by atoms with Gasteiger partial charge in [-0.3, -0.25) is 4.40 Å². The lowest BCUT2D eigenvalue weighted by molar-refractivity contribution is 0.874. The van der Waals surface area contributed by atoms with Gasteiger partial charge in [-0.15, -0.1) is 0 Å². The molecule has 0 amide bonds. The molecule has 0 saturated heterocycles. The molecule has 0 fully saturated rings. The summed E-state index contributed by atoms with van der Waals surface area (Å²) in [5.74, 6) is 1.01. The zero-order valence-corrected chi connectivity index (χ0v) is 10.2. The summed E-state index contributed by atoms with van der Waals surface area (Å²) in [6, 6.07) is 8.29. The highest BCUT2D eigenvalue weighted by molar-refractivity contribution is 5.82. The first kappa shape index (κ1) is 9.71. The molecule has 1 aliphatic carbocycles. The van der Waals surface area contributed by atoms with Crippen molar-refractivity contribution in [3.8, 4) is 0 Å². The van der Waals surface area contributed by atoms with Gasteiger partial charge in [0.25, 0.3) is 0 Å².